The van der Waals surface area contributed by atoms with Crippen LogP contribution in [0.4, 0.5) is 22.7 Å². The number of esters is 1. The molecule has 0 amide bonds. The molecule has 0 spiro atoms. The summed E-state index contributed by atoms with van der Waals surface area (Å²) >= 11 is 0. The van der Waals surface area contributed by atoms with Gasteiger partial charge in [0.1, 0.15) is 0 Å². The van der Waals surface area contributed by atoms with Gasteiger partial charge in [0.25, 0.3) is 5.69 Å². The van der Waals surface area contributed by atoms with Crippen LogP contribution in [0.3, 0.4) is 0 Å². The maximum Gasteiger partial charge on any atom is 0.333 e. The minimum atomic E-state index is -0.447. The lowest BCUT2D eigenvalue weighted by molar-refractivity contribution is -0.384. The molecule has 0 bridgehead atoms. The highest BCUT2D eigenvalue weighted by Crippen LogP contribution is 2.22. The number of nitro groups is 1. The van der Waals surface area contributed by atoms with Crippen LogP contribution in [-0.4, -0.2) is 24.0 Å². The first kappa shape index (κ1) is 23.7. The number of hydrogen-bond acceptors (Lipinski definition) is 7. The second-order valence-electron chi connectivity index (χ2n) is 7.13. The Labute approximate surface area is 182 Å². The summed E-state index contributed by atoms with van der Waals surface area (Å²) in [5, 5.41) is 22.3. The molecule has 2 aromatic carbocycles. The van der Waals surface area contributed by atoms with E-state index in [1.54, 1.807) is 19.1 Å². The van der Waals surface area contributed by atoms with Crippen LogP contribution >= 0.6 is 0 Å². The van der Waals surface area contributed by atoms with Gasteiger partial charge in [-0.15, -0.1) is 0 Å². The number of nitrogens with zero attached hydrogens (tertiary/aromatic N) is 3. The van der Waals surface area contributed by atoms with Gasteiger partial charge >= 0.3 is 5.97 Å². The van der Waals surface area contributed by atoms with E-state index in [1.165, 1.54) is 12.1 Å². The Morgan fingerprint density at radius 1 is 0.968 bits per heavy atom. The zero-order chi connectivity index (χ0) is 22.5. The lowest BCUT2D eigenvalue weighted by Crippen LogP contribution is -2.06. The summed E-state index contributed by atoms with van der Waals surface area (Å²) in [6.45, 7) is 6.54. The number of azo groups is 1. The predicted molar refractivity (Wildman–Crippen MR) is 121 cm³/mol. The number of unbranched alkanes of at least 4 members (excludes halogenated alkanes) is 4. The van der Waals surface area contributed by atoms with E-state index in [9.17, 15) is 14.9 Å². The molecule has 0 aliphatic carbocycles. The molecule has 31 heavy (non-hydrogen) atoms. The van der Waals surface area contributed by atoms with Crippen molar-refractivity contribution in [1.29, 1.82) is 0 Å². The van der Waals surface area contributed by atoms with Crippen molar-refractivity contribution in [2.45, 2.75) is 39.0 Å². The first-order valence-corrected chi connectivity index (χ1v) is 10.3. The molecule has 0 radical (unpaired) electrons. The van der Waals surface area contributed by atoms with Crippen molar-refractivity contribution < 1.29 is 14.5 Å². The number of hydrogen-bond donors (Lipinski definition) is 1. The molecular weight excluding hydrogens is 396 g/mol. The van der Waals surface area contributed by atoms with Crippen molar-refractivity contribution in [2.75, 3.05) is 18.5 Å². The maximum absolute atomic E-state index is 11.2. The fourth-order valence-electron chi connectivity index (χ4n) is 2.68. The zero-order valence-electron chi connectivity index (χ0n) is 17.8. The summed E-state index contributed by atoms with van der Waals surface area (Å²) in [7, 11) is 0. The molecule has 0 aromatic heterocycles. The van der Waals surface area contributed by atoms with Crippen molar-refractivity contribution in [3.05, 3.63) is 70.8 Å². The Bertz CT molecular complexity index is 893. The monoisotopic (exact) mass is 424 g/mol. The molecule has 8 nitrogen and oxygen atoms in total. The molecule has 0 saturated heterocycles. The van der Waals surface area contributed by atoms with Crippen LogP contribution in [0.1, 0.15) is 39.0 Å². The molecule has 0 unspecified atom stereocenters. The predicted octanol–water partition coefficient (Wildman–Crippen LogP) is 6.49. The molecule has 0 saturated carbocycles. The normalized spacial score (nSPS) is 10.7. The largest absolute Gasteiger partial charge is 0.462 e. The molecule has 8 heteroatoms. The van der Waals surface area contributed by atoms with Crippen LogP contribution in [0, 0.1) is 10.1 Å². The third-order valence-corrected chi connectivity index (χ3v) is 4.44. The van der Waals surface area contributed by atoms with Gasteiger partial charge in [-0.1, -0.05) is 25.8 Å². The average molecular weight is 425 g/mol. The first-order chi connectivity index (χ1) is 15.0. The SMILES string of the molecule is C=C(C)C(=O)OCCCCCCCNc1ccc(N=Nc2ccc([N+](=O)[O-])cc2)cc1. The minimum absolute atomic E-state index is 0.0264. The quantitative estimate of drug-likeness (QED) is 0.0987. The molecule has 0 fully saturated rings. The van der Waals surface area contributed by atoms with E-state index in [4.69, 9.17) is 4.74 Å². The van der Waals surface area contributed by atoms with E-state index in [0.29, 0.717) is 23.6 Å². The number of rotatable bonds is 13. The number of benzene rings is 2. The van der Waals surface area contributed by atoms with Crippen LogP contribution in [-0.2, 0) is 9.53 Å². The van der Waals surface area contributed by atoms with Crippen molar-refractivity contribution >= 4 is 28.7 Å². The summed E-state index contributed by atoms with van der Waals surface area (Å²) in [6, 6.07) is 13.5. The van der Waals surface area contributed by atoms with Crippen molar-refractivity contribution in [3.8, 4) is 0 Å². The van der Waals surface area contributed by atoms with E-state index in [-0.39, 0.29) is 11.7 Å². The lowest BCUT2D eigenvalue weighted by atomic mass is 10.1. The number of carbonyl (C=O) groups excluding carboxylic acids is 1. The number of nitrogens with one attached hydrogen (secondary N) is 1. The third-order valence-electron chi connectivity index (χ3n) is 4.44. The van der Waals surface area contributed by atoms with Crippen molar-refractivity contribution in [1.82, 2.24) is 0 Å². The summed E-state index contributed by atoms with van der Waals surface area (Å²) in [4.78, 5) is 21.5. The number of ether oxygens (including phenoxy) is 1. The number of anilines is 1. The van der Waals surface area contributed by atoms with Gasteiger partial charge in [0, 0.05) is 29.9 Å². The zero-order valence-corrected chi connectivity index (χ0v) is 17.8. The number of carbonyl (C=O) groups is 1. The van der Waals surface area contributed by atoms with Gasteiger partial charge < -0.3 is 10.1 Å². The Balaban J connectivity index is 1.60. The summed E-state index contributed by atoms with van der Waals surface area (Å²) < 4.78 is 5.06. The van der Waals surface area contributed by atoms with E-state index in [1.807, 2.05) is 24.3 Å². The number of nitro benzene ring substituents is 1. The van der Waals surface area contributed by atoms with Gasteiger partial charge in [-0.3, -0.25) is 10.1 Å². The van der Waals surface area contributed by atoms with Gasteiger partial charge in [0.2, 0.25) is 0 Å². The van der Waals surface area contributed by atoms with E-state index in [2.05, 4.69) is 22.1 Å². The van der Waals surface area contributed by atoms with E-state index < -0.39 is 4.92 Å². The van der Waals surface area contributed by atoms with Crippen molar-refractivity contribution in [3.63, 3.8) is 0 Å². The highest BCUT2D eigenvalue weighted by molar-refractivity contribution is 5.86. The van der Waals surface area contributed by atoms with E-state index >= 15 is 0 Å². The van der Waals surface area contributed by atoms with Gasteiger partial charge in [0.05, 0.1) is 22.9 Å². The minimum Gasteiger partial charge on any atom is -0.462 e. The molecule has 2 aromatic rings. The Kier molecular flexibility index (Phi) is 9.87. The van der Waals surface area contributed by atoms with Crippen LogP contribution < -0.4 is 5.32 Å². The fraction of sp³-hybridized carbons (Fsp3) is 0.348. The van der Waals surface area contributed by atoms with Gasteiger partial charge in [-0.25, -0.2) is 4.79 Å². The Hall–Kier alpha value is -3.55. The van der Waals surface area contributed by atoms with Crippen LogP contribution in [0.25, 0.3) is 0 Å². The smallest absolute Gasteiger partial charge is 0.333 e. The highest BCUT2D eigenvalue weighted by atomic mass is 16.6. The van der Waals surface area contributed by atoms with Crippen LogP contribution in [0.15, 0.2) is 70.9 Å². The molecule has 2 rings (SSSR count). The Morgan fingerprint density at radius 3 is 2.10 bits per heavy atom. The highest BCUT2D eigenvalue weighted by Gasteiger charge is 2.03. The van der Waals surface area contributed by atoms with Crippen LogP contribution in [0.5, 0.6) is 0 Å². The summed E-state index contributed by atoms with van der Waals surface area (Å²) in [5.41, 5.74) is 2.74. The standard InChI is InChI=1S/C23H28N4O4/c1-18(2)23(28)31-17-7-5-3-4-6-16-24-19-8-10-20(11-9-19)25-26-21-12-14-22(15-13-21)27(29)30/h8-15,24H,1,3-7,16-17H2,2H3. The van der Waals surface area contributed by atoms with E-state index in [0.717, 1.165) is 44.3 Å². The lowest BCUT2D eigenvalue weighted by Gasteiger charge is -2.07. The second-order valence-corrected chi connectivity index (χ2v) is 7.13. The Morgan fingerprint density at radius 2 is 1.52 bits per heavy atom. The summed E-state index contributed by atoms with van der Waals surface area (Å²) in [6.07, 6.45) is 5.20. The van der Waals surface area contributed by atoms with Gasteiger partial charge in [-0.2, -0.15) is 10.2 Å². The summed E-state index contributed by atoms with van der Waals surface area (Å²) in [5.74, 6) is -0.317. The van der Waals surface area contributed by atoms with Crippen molar-refractivity contribution in [2.24, 2.45) is 10.2 Å². The number of non-ortho nitro benzene ring substituents is 1. The first-order valence-electron chi connectivity index (χ1n) is 10.3. The van der Waals surface area contributed by atoms with Gasteiger partial charge in [0.15, 0.2) is 0 Å². The molecule has 0 aliphatic heterocycles. The van der Waals surface area contributed by atoms with Gasteiger partial charge in [-0.05, 0) is 56.2 Å². The molecule has 0 aliphatic rings. The molecule has 164 valence electrons. The topological polar surface area (TPSA) is 106 Å². The fourth-order valence-corrected chi connectivity index (χ4v) is 2.68. The van der Waals surface area contributed by atoms with Crippen LogP contribution in [0.2, 0.25) is 0 Å². The molecule has 0 atom stereocenters. The second kappa shape index (κ2) is 12.9. The average Bonchev–Trinajstić information content (AvgIpc) is 2.77. The molecular formula is C23H28N4O4. The third kappa shape index (κ3) is 9.20. The maximum atomic E-state index is 11.2. The molecule has 1 N–H and O–H groups in total. The molecule has 0 heterocycles.